The summed E-state index contributed by atoms with van der Waals surface area (Å²) in [4.78, 5) is 15.4. The Morgan fingerprint density at radius 2 is 2.05 bits per heavy atom. The molecule has 0 aliphatic heterocycles. The normalized spacial score (nSPS) is 10.8. The molecule has 3 rings (SSSR count). The van der Waals surface area contributed by atoms with E-state index in [4.69, 9.17) is 0 Å². The van der Waals surface area contributed by atoms with Crippen LogP contribution in [0.5, 0.6) is 0 Å². The van der Waals surface area contributed by atoms with E-state index in [1.807, 2.05) is 50.2 Å². The van der Waals surface area contributed by atoms with Crippen molar-refractivity contribution in [3.8, 4) is 5.69 Å². The van der Waals surface area contributed by atoms with Gasteiger partial charge in [0.2, 0.25) is 5.16 Å². The summed E-state index contributed by atoms with van der Waals surface area (Å²) in [6.07, 6.45) is 0. The van der Waals surface area contributed by atoms with Gasteiger partial charge in [0.25, 0.3) is 0 Å². The fraction of sp³-hybridized carbons (Fsp3) is 0.200. The van der Waals surface area contributed by atoms with Crippen molar-refractivity contribution in [2.75, 3.05) is 5.75 Å². The quantitative estimate of drug-likeness (QED) is 0.579. The zero-order valence-corrected chi connectivity index (χ0v) is 13.1. The van der Waals surface area contributed by atoms with Gasteiger partial charge in [-0.2, -0.15) is 4.68 Å². The minimum absolute atomic E-state index is 0.0643. The Morgan fingerprint density at radius 3 is 2.73 bits per heavy atom. The average Bonchev–Trinajstić information content (AvgIpc) is 3.12. The smallest absolute Gasteiger partial charge is 0.214 e. The number of rotatable bonds is 5. The number of aromatic amines is 1. The van der Waals surface area contributed by atoms with Crippen LogP contribution in [0.4, 0.5) is 0 Å². The van der Waals surface area contributed by atoms with Crippen molar-refractivity contribution in [3.05, 3.63) is 53.3 Å². The molecule has 0 saturated heterocycles. The Bertz CT molecular complexity index is 793. The van der Waals surface area contributed by atoms with E-state index in [9.17, 15) is 4.79 Å². The molecule has 0 radical (unpaired) electrons. The van der Waals surface area contributed by atoms with Crippen molar-refractivity contribution in [2.24, 2.45) is 0 Å². The number of hydrogen-bond donors (Lipinski definition) is 1. The van der Waals surface area contributed by atoms with E-state index < -0.39 is 0 Å². The summed E-state index contributed by atoms with van der Waals surface area (Å²) < 4.78 is 1.63. The van der Waals surface area contributed by atoms with Crippen molar-refractivity contribution in [2.45, 2.75) is 19.0 Å². The largest absolute Gasteiger partial charge is 0.362 e. The molecule has 2 heterocycles. The molecule has 0 saturated carbocycles. The number of H-pyrrole nitrogens is 1. The first-order valence-electron chi connectivity index (χ1n) is 6.81. The number of tetrazole rings is 1. The Morgan fingerprint density at radius 1 is 1.27 bits per heavy atom. The molecule has 0 amide bonds. The van der Waals surface area contributed by atoms with Crippen LogP contribution in [0.25, 0.3) is 5.69 Å². The van der Waals surface area contributed by atoms with Crippen molar-refractivity contribution < 1.29 is 4.79 Å². The monoisotopic (exact) mass is 313 g/mol. The predicted octanol–water partition coefficient (Wildman–Crippen LogP) is 2.58. The van der Waals surface area contributed by atoms with Crippen molar-refractivity contribution in [1.82, 2.24) is 25.2 Å². The molecule has 0 spiro atoms. The molecule has 1 N–H and O–H groups in total. The van der Waals surface area contributed by atoms with E-state index in [2.05, 4.69) is 20.5 Å². The highest BCUT2D eigenvalue weighted by atomic mass is 32.2. The van der Waals surface area contributed by atoms with Crippen LogP contribution >= 0.6 is 11.8 Å². The van der Waals surface area contributed by atoms with E-state index in [0.29, 0.717) is 10.9 Å². The maximum Gasteiger partial charge on any atom is 0.214 e. The molecule has 2 aromatic heterocycles. The van der Waals surface area contributed by atoms with Gasteiger partial charge in [0.15, 0.2) is 5.78 Å². The first kappa shape index (κ1) is 14.5. The SMILES string of the molecule is Cc1cc(C(=O)CSc2nnnn2-c2ccccc2)c(C)[nH]1. The van der Waals surface area contributed by atoms with Gasteiger partial charge in [-0.05, 0) is 42.5 Å². The van der Waals surface area contributed by atoms with E-state index >= 15 is 0 Å². The number of Topliss-reactive ketones (excluding diaryl/α,β-unsaturated/α-hetero) is 1. The second-order valence-electron chi connectivity index (χ2n) is 4.91. The molecule has 0 fully saturated rings. The van der Waals surface area contributed by atoms with Crippen molar-refractivity contribution >= 4 is 17.5 Å². The summed E-state index contributed by atoms with van der Waals surface area (Å²) in [6, 6.07) is 11.5. The van der Waals surface area contributed by atoms with E-state index in [0.717, 1.165) is 22.6 Å². The number of carbonyl (C=O) groups excluding carboxylic acids is 1. The number of nitrogens with zero attached hydrogens (tertiary/aromatic N) is 4. The lowest BCUT2D eigenvalue weighted by Gasteiger charge is -2.03. The van der Waals surface area contributed by atoms with Gasteiger partial charge in [-0.1, -0.05) is 30.0 Å². The third kappa shape index (κ3) is 2.94. The zero-order chi connectivity index (χ0) is 15.5. The molecule has 0 aliphatic rings. The Balaban J connectivity index is 1.74. The van der Waals surface area contributed by atoms with E-state index in [-0.39, 0.29) is 5.78 Å². The Labute approximate surface area is 131 Å². The van der Waals surface area contributed by atoms with Crippen LogP contribution in [0.3, 0.4) is 0 Å². The average molecular weight is 313 g/mol. The maximum absolute atomic E-state index is 12.3. The van der Waals surface area contributed by atoms with Crippen molar-refractivity contribution in [1.29, 1.82) is 0 Å². The molecule has 6 nitrogen and oxygen atoms in total. The molecular weight excluding hydrogens is 298 g/mol. The fourth-order valence-corrected chi connectivity index (χ4v) is 3.00. The first-order chi connectivity index (χ1) is 10.6. The van der Waals surface area contributed by atoms with Crippen LogP contribution in [0.2, 0.25) is 0 Å². The van der Waals surface area contributed by atoms with Gasteiger partial charge in [0, 0.05) is 17.0 Å². The highest BCUT2D eigenvalue weighted by Gasteiger charge is 2.15. The van der Waals surface area contributed by atoms with Crippen LogP contribution in [0, 0.1) is 13.8 Å². The zero-order valence-electron chi connectivity index (χ0n) is 12.3. The molecule has 22 heavy (non-hydrogen) atoms. The topological polar surface area (TPSA) is 76.5 Å². The first-order valence-corrected chi connectivity index (χ1v) is 7.79. The van der Waals surface area contributed by atoms with Gasteiger partial charge in [-0.15, -0.1) is 5.10 Å². The summed E-state index contributed by atoms with van der Waals surface area (Å²) in [6.45, 7) is 3.84. The minimum atomic E-state index is 0.0643. The molecule has 112 valence electrons. The number of para-hydroxylation sites is 1. The van der Waals surface area contributed by atoms with Gasteiger partial charge in [0.1, 0.15) is 0 Å². The highest BCUT2D eigenvalue weighted by molar-refractivity contribution is 7.99. The van der Waals surface area contributed by atoms with Crippen LogP contribution < -0.4 is 0 Å². The maximum atomic E-state index is 12.3. The molecular formula is C15H15N5OS. The number of hydrogen-bond acceptors (Lipinski definition) is 5. The number of carbonyl (C=O) groups is 1. The molecule has 0 bridgehead atoms. The number of nitrogens with one attached hydrogen (secondary N) is 1. The van der Waals surface area contributed by atoms with Crippen LogP contribution in [0.15, 0.2) is 41.6 Å². The van der Waals surface area contributed by atoms with Crippen LogP contribution in [-0.4, -0.2) is 36.7 Å². The van der Waals surface area contributed by atoms with E-state index in [1.165, 1.54) is 11.8 Å². The number of thioether (sulfide) groups is 1. The van der Waals surface area contributed by atoms with Crippen LogP contribution in [0.1, 0.15) is 21.7 Å². The molecule has 0 unspecified atom stereocenters. The summed E-state index contributed by atoms with van der Waals surface area (Å²) in [5.41, 5.74) is 3.48. The van der Waals surface area contributed by atoms with Gasteiger partial charge in [-0.25, -0.2) is 0 Å². The number of aryl methyl sites for hydroxylation is 2. The third-order valence-electron chi connectivity index (χ3n) is 3.22. The van der Waals surface area contributed by atoms with E-state index in [1.54, 1.807) is 4.68 Å². The van der Waals surface area contributed by atoms with Gasteiger partial charge < -0.3 is 4.98 Å². The summed E-state index contributed by atoms with van der Waals surface area (Å²) in [7, 11) is 0. The second-order valence-corrected chi connectivity index (χ2v) is 5.85. The summed E-state index contributed by atoms with van der Waals surface area (Å²) in [5.74, 6) is 0.361. The number of aromatic nitrogens is 5. The lowest BCUT2D eigenvalue weighted by Crippen LogP contribution is -2.05. The Hall–Kier alpha value is -2.41. The number of ketones is 1. The number of benzene rings is 1. The standard InChI is InChI=1S/C15H15N5OS/c1-10-8-13(11(2)16-10)14(21)9-22-15-17-18-19-20(15)12-6-4-3-5-7-12/h3-8,16H,9H2,1-2H3. The summed E-state index contributed by atoms with van der Waals surface area (Å²) in [5, 5.41) is 12.3. The van der Waals surface area contributed by atoms with Gasteiger partial charge in [0.05, 0.1) is 11.4 Å². The van der Waals surface area contributed by atoms with Gasteiger partial charge >= 0.3 is 0 Å². The summed E-state index contributed by atoms with van der Waals surface area (Å²) >= 11 is 1.33. The lowest BCUT2D eigenvalue weighted by atomic mass is 10.2. The van der Waals surface area contributed by atoms with Crippen molar-refractivity contribution in [3.63, 3.8) is 0 Å². The Kier molecular flexibility index (Phi) is 4.06. The second kappa shape index (κ2) is 6.15. The van der Waals surface area contributed by atoms with Crippen LogP contribution in [-0.2, 0) is 0 Å². The van der Waals surface area contributed by atoms with Gasteiger partial charge in [-0.3, -0.25) is 4.79 Å². The highest BCUT2D eigenvalue weighted by Crippen LogP contribution is 2.20. The molecule has 0 aliphatic carbocycles. The lowest BCUT2D eigenvalue weighted by molar-refractivity contribution is 0.102. The minimum Gasteiger partial charge on any atom is -0.362 e. The molecule has 3 aromatic rings. The fourth-order valence-electron chi connectivity index (χ4n) is 2.22. The predicted molar refractivity (Wildman–Crippen MR) is 84.5 cm³/mol. The molecule has 0 atom stereocenters. The third-order valence-corrected chi connectivity index (χ3v) is 4.14. The molecule has 1 aromatic carbocycles. The molecule has 7 heteroatoms.